The molecular formula is C16H24N4O2. The van der Waals surface area contributed by atoms with E-state index in [1.54, 1.807) is 6.33 Å². The first kappa shape index (κ1) is 15.1. The van der Waals surface area contributed by atoms with Crippen molar-refractivity contribution in [2.45, 2.75) is 32.6 Å². The van der Waals surface area contributed by atoms with Gasteiger partial charge in [-0.2, -0.15) is 0 Å². The van der Waals surface area contributed by atoms with E-state index in [0.717, 1.165) is 44.1 Å². The highest BCUT2D eigenvalue weighted by Gasteiger charge is 2.26. The van der Waals surface area contributed by atoms with E-state index < -0.39 is 5.97 Å². The monoisotopic (exact) mass is 304 g/mol. The smallest absolute Gasteiger partial charge is 0.308 e. The van der Waals surface area contributed by atoms with E-state index in [1.165, 1.54) is 12.8 Å². The summed E-state index contributed by atoms with van der Waals surface area (Å²) in [6, 6.07) is 2.02. The second-order valence-corrected chi connectivity index (χ2v) is 6.55. The average Bonchev–Trinajstić information content (AvgIpc) is 2.55. The first-order valence-electron chi connectivity index (χ1n) is 8.18. The molecule has 2 saturated heterocycles. The molecule has 120 valence electrons. The molecule has 2 aliphatic rings. The maximum atomic E-state index is 11.2. The Morgan fingerprint density at radius 3 is 2.41 bits per heavy atom. The Labute approximate surface area is 131 Å². The summed E-state index contributed by atoms with van der Waals surface area (Å²) in [4.78, 5) is 24.4. The van der Waals surface area contributed by atoms with Crippen molar-refractivity contribution in [3.8, 4) is 0 Å². The zero-order chi connectivity index (χ0) is 15.5. The predicted molar refractivity (Wildman–Crippen MR) is 85.2 cm³/mol. The number of nitrogens with zero attached hydrogens (tertiary/aromatic N) is 4. The zero-order valence-corrected chi connectivity index (χ0v) is 13.1. The van der Waals surface area contributed by atoms with Crippen LogP contribution in [-0.2, 0) is 4.79 Å². The number of hydrogen-bond acceptors (Lipinski definition) is 5. The molecule has 0 aromatic carbocycles. The van der Waals surface area contributed by atoms with Crippen LogP contribution in [0.4, 0.5) is 11.6 Å². The molecule has 0 amide bonds. The topological polar surface area (TPSA) is 69.6 Å². The minimum atomic E-state index is -0.705. The van der Waals surface area contributed by atoms with Crippen molar-refractivity contribution >= 4 is 17.6 Å². The first-order valence-corrected chi connectivity index (χ1v) is 8.18. The van der Waals surface area contributed by atoms with Gasteiger partial charge in [0.25, 0.3) is 0 Å². The van der Waals surface area contributed by atoms with E-state index in [2.05, 4.69) is 26.7 Å². The van der Waals surface area contributed by atoms with Crippen LogP contribution in [0, 0.1) is 11.8 Å². The van der Waals surface area contributed by atoms with E-state index in [4.69, 9.17) is 0 Å². The van der Waals surface area contributed by atoms with Crippen LogP contribution in [0.5, 0.6) is 0 Å². The molecule has 0 radical (unpaired) electrons. The van der Waals surface area contributed by atoms with Crippen LogP contribution in [0.1, 0.15) is 32.6 Å². The molecule has 2 aliphatic heterocycles. The third kappa shape index (κ3) is 3.31. The van der Waals surface area contributed by atoms with E-state index in [-0.39, 0.29) is 5.92 Å². The minimum Gasteiger partial charge on any atom is -0.481 e. The van der Waals surface area contributed by atoms with Crippen molar-refractivity contribution in [2.75, 3.05) is 36.0 Å². The largest absolute Gasteiger partial charge is 0.481 e. The van der Waals surface area contributed by atoms with E-state index in [9.17, 15) is 9.90 Å². The molecule has 22 heavy (non-hydrogen) atoms. The number of aliphatic carboxylic acids is 1. The van der Waals surface area contributed by atoms with Gasteiger partial charge in [-0.3, -0.25) is 4.79 Å². The summed E-state index contributed by atoms with van der Waals surface area (Å²) in [6.07, 6.45) is 5.74. The van der Waals surface area contributed by atoms with Crippen LogP contribution >= 0.6 is 0 Å². The molecule has 1 aromatic heterocycles. The fourth-order valence-corrected chi connectivity index (χ4v) is 3.47. The number of rotatable bonds is 3. The normalized spacial score (nSPS) is 26.0. The highest BCUT2D eigenvalue weighted by atomic mass is 16.4. The summed E-state index contributed by atoms with van der Waals surface area (Å²) in [5, 5.41) is 9.22. The molecule has 3 heterocycles. The molecule has 0 saturated carbocycles. The molecule has 6 heteroatoms. The van der Waals surface area contributed by atoms with Crippen LogP contribution in [0.25, 0.3) is 0 Å². The van der Waals surface area contributed by atoms with Crippen LogP contribution in [0.3, 0.4) is 0 Å². The van der Waals surface area contributed by atoms with Crippen LogP contribution in [0.2, 0.25) is 0 Å². The molecule has 0 bridgehead atoms. The lowest BCUT2D eigenvalue weighted by atomic mass is 9.98. The van der Waals surface area contributed by atoms with Crippen molar-refractivity contribution in [2.24, 2.45) is 11.8 Å². The highest BCUT2D eigenvalue weighted by molar-refractivity contribution is 5.71. The van der Waals surface area contributed by atoms with Crippen molar-refractivity contribution in [1.29, 1.82) is 0 Å². The molecule has 0 aliphatic carbocycles. The van der Waals surface area contributed by atoms with Crippen LogP contribution in [0.15, 0.2) is 12.4 Å². The van der Waals surface area contributed by atoms with E-state index in [1.807, 2.05) is 6.07 Å². The Bertz CT molecular complexity index is 537. The highest BCUT2D eigenvalue weighted by Crippen LogP contribution is 2.26. The number of carboxylic acids is 1. The van der Waals surface area contributed by atoms with Gasteiger partial charge in [-0.05, 0) is 31.6 Å². The van der Waals surface area contributed by atoms with Gasteiger partial charge in [0.1, 0.15) is 18.0 Å². The van der Waals surface area contributed by atoms with Gasteiger partial charge in [0, 0.05) is 32.2 Å². The summed E-state index contributed by atoms with van der Waals surface area (Å²) in [5.41, 5.74) is 0. The molecule has 0 spiro atoms. The van der Waals surface area contributed by atoms with Crippen molar-refractivity contribution in [3.63, 3.8) is 0 Å². The maximum absolute atomic E-state index is 11.2. The molecule has 1 aromatic rings. The summed E-state index contributed by atoms with van der Waals surface area (Å²) < 4.78 is 0. The van der Waals surface area contributed by atoms with Gasteiger partial charge in [-0.25, -0.2) is 9.97 Å². The standard InChI is InChI=1S/C16H24N4O2/c1-12-4-2-6-19(9-12)14-8-15(18-11-17-14)20-7-3-5-13(10-20)16(21)22/h8,11-13H,2-7,9-10H2,1H3,(H,21,22). The number of anilines is 2. The number of carbonyl (C=O) groups is 1. The second-order valence-electron chi connectivity index (χ2n) is 6.55. The number of hydrogen-bond donors (Lipinski definition) is 1. The van der Waals surface area contributed by atoms with Gasteiger partial charge in [0.15, 0.2) is 0 Å². The lowest BCUT2D eigenvalue weighted by Crippen LogP contribution is -2.39. The number of piperidine rings is 2. The fraction of sp³-hybridized carbons (Fsp3) is 0.688. The summed E-state index contributed by atoms with van der Waals surface area (Å²) in [6.45, 7) is 5.77. The Balaban J connectivity index is 1.74. The number of aromatic nitrogens is 2. The Kier molecular flexibility index (Phi) is 4.45. The SMILES string of the molecule is CC1CCCN(c2cc(N3CCCC(C(=O)O)C3)ncn2)C1. The van der Waals surface area contributed by atoms with Gasteiger partial charge in [-0.1, -0.05) is 6.92 Å². The zero-order valence-electron chi connectivity index (χ0n) is 13.1. The maximum Gasteiger partial charge on any atom is 0.308 e. The third-order valence-corrected chi connectivity index (χ3v) is 4.71. The molecule has 2 fully saturated rings. The van der Waals surface area contributed by atoms with Gasteiger partial charge in [0.2, 0.25) is 0 Å². The Hall–Kier alpha value is -1.85. The van der Waals surface area contributed by atoms with Crippen LogP contribution < -0.4 is 9.80 Å². The van der Waals surface area contributed by atoms with Gasteiger partial charge >= 0.3 is 5.97 Å². The van der Waals surface area contributed by atoms with Crippen molar-refractivity contribution < 1.29 is 9.90 Å². The van der Waals surface area contributed by atoms with E-state index in [0.29, 0.717) is 12.5 Å². The molecule has 3 rings (SSSR count). The molecule has 2 atom stereocenters. The Morgan fingerprint density at radius 1 is 1.14 bits per heavy atom. The predicted octanol–water partition coefficient (Wildman–Crippen LogP) is 2.01. The van der Waals surface area contributed by atoms with Gasteiger partial charge in [0.05, 0.1) is 5.92 Å². The lowest BCUT2D eigenvalue weighted by molar-refractivity contribution is -0.141. The number of carboxylic acid groups (broad SMARTS) is 1. The van der Waals surface area contributed by atoms with Crippen LogP contribution in [-0.4, -0.2) is 47.2 Å². The first-order chi connectivity index (χ1) is 10.6. The summed E-state index contributed by atoms with van der Waals surface area (Å²) in [7, 11) is 0. The molecule has 2 unspecified atom stereocenters. The minimum absolute atomic E-state index is 0.290. The second kappa shape index (κ2) is 6.50. The lowest BCUT2D eigenvalue weighted by Gasteiger charge is -2.34. The molecule has 6 nitrogen and oxygen atoms in total. The van der Waals surface area contributed by atoms with Crippen molar-refractivity contribution in [3.05, 3.63) is 12.4 Å². The summed E-state index contributed by atoms with van der Waals surface area (Å²) in [5.74, 6) is 1.52. The summed E-state index contributed by atoms with van der Waals surface area (Å²) >= 11 is 0. The molecule has 1 N–H and O–H groups in total. The third-order valence-electron chi connectivity index (χ3n) is 4.71. The fourth-order valence-electron chi connectivity index (χ4n) is 3.47. The Morgan fingerprint density at radius 2 is 1.77 bits per heavy atom. The van der Waals surface area contributed by atoms with E-state index >= 15 is 0 Å². The van der Waals surface area contributed by atoms with Gasteiger partial charge < -0.3 is 14.9 Å². The van der Waals surface area contributed by atoms with Gasteiger partial charge in [-0.15, -0.1) is 0 Å². The quantitative estimate of drug-likeness (QED) is 0.921. The van der Waals surface area contributed by atoms with Crippen molar-refractivity contribution in [1.82, 2.24) is 9.97 Å². The average molecular weight is 304 g/mol. The molecular weight excluding hydrogens is 280 g/mol.